The highest BCUT2D eigenvalue weighted by Crippen LogP contribution is 2.64. The number of fused-ring (bicyclic) bond motifs is 2. The summed E-state index contributed by atoms with van der Waals surface area (Å²) in [6.45, 7) is 4.41. The van der Waals surface area contributed by atoms with E-state index in [0.29, 0.717) is 33.7 Å². The third-order valence-electron chi connectivity index (χ3n) is 7.51. The second-order valence-corrected chi connectivity index (χ2v) is 11.3. The highest BCUT2D eigenvalue weighted by atomic mass is 79.9. The third-order valence-corrected chi connectivity index (χ3v) is 8.00. The second-order valence-electron chi connectivity index (χ2n) is 10.3. The van der Waals surface area contributed by atoms with E-state index in [1.165, 1.54) is 6.07 Å². The maximum atomic E-state index is 14.8. The van der Waals surface area contributed by atoms with Gasteiger partial charge in [0.15, 0.2) is 0 Å². The molecule has 0 amide bonds. The Morgan fingerprint density at radius 2 is 1.87 bits per heavy atom. The molecule has 0 aliphatic heterocycles. The van der Waals surface area contributed by atoms with E-state index in [-0.39, 0.29) is 18.3 Å². The quantitative estimate of drug-likeness (QED) is 0.228. The Bertz CT molecular complexity index is 1710. The molecule has 0 radical (unpaired) electrons. The number of aliphatic carboxylic acids is 1. The molecule has 1 aliphatic rings. The Labute approximate surface area is 227 Å². The third kappa shape index (κ3) is 4.32. The number of carboxylic acid groups (broad SMARTS) is 1. The zero-order chi connectivity index (χ0) is 26.6. The van der Waals surface area contributed by atoms with Crippen molar-refractivity contribution >= 4 is 43.8 Å². The molecule has 0 bridgehead atoms. The Morgan fingerprint density at radius 3 is 2.63 bits per heavy atom. The van der Waals surface area contributed by atoms with E-state index in [2.05, 4.69) is 20.9 Å². The van der Waals surface area contributed by atoms with Crippen molar-refractivity contribution in [1.82, 2.24) is 14.5 Å². The first-order valence-corrected chi connectivity index (χ1v) is 13.2. The lowest BCUT2D eigenvalue weighted by Crippen LogP contribution is -2.08. The number of ether oxygens (including phenoxy) is 1. The maximum absolute atomic E-state index is 14.8. The van der Waals surface area contributed by atoms with E-state index in [1.54, 1.807) is 12.1 Å². The van der Waals surface area contributed by atoms with Gasteiger partial charge in [0.2, 0.25) is 0 Å². The predicted octanol–water partition coefficient (Wildman–Crippen LogP) is 6.94. The highest BCUT2D eigenvalue weighted by molar-refractivity contribution is 9.10. The topological polar surface area (TPSA) is 77.2 Å². The van der Waals surface area contributed by atoms with Gasteiger partial charge in [0.1, 0.15) is 24.0 Å². The fraction of sp³-hybridized carbons (Fsp3) is 0.233. The van der Waals surface area contributed by atoms with Crippen LogP contribution >= 0.6 is 15.9 Å². The zero-order valence-electron chi connectivity index (χ0n) is 20.9. The van der Waals surface area contributed by atoms with Crippen LogP contribution in [0.1, 0.15) is 36.8 Å². The first-order chi connectivity index (χ1) is 18.2. The summed E-state index contributed by atoms with van der Waals surface area (Å²) >= 11 is 3.31. The molecule has 2 atom stereocenters. The van der Waals surface area contributed by atoms with Crippen LogP contribution in [0.4, 0.5) is 4.39 Å². The molecule has 2 aromatic heterocycles. The number of halogens is 2. The number of pyridine rings is 1. The molecule has 8 heteroatoms. The van der Waals surface area contributed by atoms with Gasteiger partial charge >= 0.3 is 5.97 Å². The molecule has 2 heterocycles. The Morgan fingerprint density at radius 1 is 1.05 bits per heavy atom. The van der Waals surface area contributed by atoms with Gasteiger partial charge in [-0.25, -0.2) is 14.4 Å². The SMILES string of the molecule is CC1(C)C(c2nc3cc(OCc4ccc5ccccc5n4)ccc3n2Cc2ccc(Br)cc2F)[C@@H]1C(=O)O. The molecule has 1 saturated carbocycles. The molecule has 3 aromatic carbocycles. The van der Waals surface area contributed by atoms with Crippen LogP contribution in [-0.2, 0) is 17.9 Å². The standard InChI is InChI=1S/C30H25BrFN3O3/c1-30(2)26(27(30)29(36)37)28-34-24-14-21(38-16-20-10-8-17-5-3-4-6-23(17)33-20)11-12-25(24)35(28)15-18-7-9-19(31)13-22(18)32/h3-14,26-27H,15-16H2,1-2H3,(H,36,37)/t26?,27-/m1/s1. The number of carbonyl (C=O) groups is 1. The summed E-state index contributed by atoms with van der Waals surface area (Å²) < 4.78 is 23.4. The van der Waals surface area contributed by atoms with Crippen LogP contribution in [0.2, 0.25) is 0 Å². The van der Waals surface area contributed by atoms with E-state index < -0.39 is 17.3 Å². The average molecular weight is 574 g/mol. The number of hydrogen-bond donors (Lipinski definition) is 1. The monoisotopic (exact) mass is 573 g/mol. The molecule has 1 unspecified atom stereocenters. The smallest absolute Gasteiger partial charge is 0.307 e. The van der Waals surface area contributed by atoms with Crippen LogP contribution in [-0.4, -0.2) is 25.6 Å². The lowest BCUT2D eigenvalue weighted by Gasteiger charge is -2.12. The van der Waals surface area contributed by atoms with Crippen LogP contribution in [0.3, 0.4) is 0 Å². The molecule has 5 aromatic rings. The highest BCUT2D eigenvalue weighted by Gasteiger charge is 2.64. The number of hydrogen-bond acceptors (Lipinski definition) is 4. The van der Waals surface area contributed by atoms with Crippen molar-refractivity contribution in [2.75, 3.05) is 0 Å². The van der Waals surface area contributed by atoms with Gasteiger partial charge < -0.3 is 14.4 Å². The fourth-order valence-electron chi connectivity index (χ4n) is 5.37. The zero-order valence-corrected chi connectivity index (χ0v) is 22.4. The van der Waals surface area contributed by atoms with Gasteiger partial charge in [-0.3, -0.25) is 4.79 Å². The van der Waals surface area contributed by atoms with E-state index in [4.69, 9.17) is 9.72 Å². The van der Waals surface area contributed by atoms with Crippen LogP contribution in [0, 0.1) is 17.2 Å². The minimum atomic E-state index is -0.847. The summed E-state index contributed by atoms with van der Waals surface area (Å²) in [7, 11) is 0. The van der Waals surface area contributed by atoms with E-state index >= 15 is 0 Å². The van der Waals surface area contributed by atoms with Crippen LogP contribution < -0.4 is 4.74 Å². The molecule has 1 N–H and O–H groups in total. The molecule has 0 spiro atoms. The largest absolute Gasteiger partial charge is 0.487 e. The summed E-state index contributed by atoms with van der Waals surface area (Å²) in [4.78, 5) is 21.5. The van der Waals surface area contributed by atoms with Gasteiger partial charge in [0.05, 0.1) is 34.7 Å². The molecule has 38 heavy (non-hydrogen) atoms. The summed E-state index contributed by atoms with van der Waals surface area (Å²) in [6.07, 6.45) is 0. The van der Waals surface area contributed by atoms with Gasteiger partial charge in [-0.1, -0.05) is 60.1 Å². The van der Waals surface area contributed by atoms with Crippen molar-refractivity contribution < 1.29 is 19.0 Å². The predicted molar refractivity (Wildman–Crippen MR) is 147 cm³/mol. The van der Waals surface area contributed by atoms with E-state index in [1.807, 2.05) is 73.0 Å². The number of para-hydroxylation sites is 1. The summed E-state index contributed by atoms with van der Waals surface area (Å²) in [6, 6.07) is 22.5. The van der Waals surface area contributed by atoms with Crippen molar-refractivity contribution in [3.8, 4) is 5.75 Å². The number of imidazole rings is 1. The molecule has 6 nitrogen and oxygen atoms in total. The fourth-order valence-corrected chi connectivity index (χ4v) is 5.70. The lowest BCUT2D eigenvalue weighted by atomic mass is 10.1. The maximum Gasteiger partial charge on any atom is 0.307 e. The van der Waals surface area contributed by atoms with E-state index in [9.17, 15) is 14.3 Å². The first-order valence-electron chi connectivity index (χ1n) is 12.4. The minimum Gasteiger partial charge on any atom is -0.487 e. The Kier molecular flexibility index (Phi) is 5.94. The molecule has 1 fully saturated rings. The molecule has 1 aliphatic carbocycles. The molecular weight excluding hydrogens is 549 g/mol. The molecular formula is C30H25BrFN3O3. The number of carboxylic acids is 1. The van der Waals surface area contributed by atoms with Crippen molar-refractivity contribution in [2.45, 2.75) is 32.9 Å². The number of aromatic nitrogens is 3. The van der Waals surface area contributed by atoms with Crippen LogP contribution in [0.5, 0.6) is 5.75 Å². The van der Waals surface area contributed by atoms with Crippen molar-refractivity contribution in [2.24, 2.45) is 11.3 Å². The van der Waals surface area contributed by atoms with Gasteiger partial charge in [0, 0.05) is 27.4 Å². The second kappa shape index (κ2) is 9.20. The lowest BCUT2D eigenvalue weighted by molar-refractivity contribution is -0.139. The van der Waals surface area contributed by atoms with Gasteiger partial charge in [0.25, 0.3) is 0 Å². The van der Waals surface area contributed by atoms with E-state index in [0.717, 1.165) is 22.1 Å². The Hall–Kier alpha value is -3.78. The number of rotatable bonds is 7. The van der Waals surface area contributed by atoms with Gasteiger partial charge in [-0.15, -0.1) is 0 Å². The molecule has 192 valence electrons. The number of benzene rings is 3. The van der Waals surface area contributed by atoms with Crippen LogP contribution in [0.25, 0.3) is 21.9 Å². The van der Waals surface area contributed by atoms with Crippen LogP contribution in [0.15, 0.2) is 77.3 Å². The molecule has 0 saturated heterocycles. The Balaban J connectivity index is 1.34. The summed E-state index contributed by atoms with van der Waals surface area (Å²) in [5, 5.41) is 10.9. The summed E-state index contributed by atoms with van der Waals surface area (Å²) in [5.74, 6) is -0.740. The summed E-state index contributed by atoms with van der Waals surface area (Å²) in [5.41, 5.74) is 3.24. The van der Waals surface area contributed by atoms with Crippen molar-refractivity contribution in [1.29, 1.82) is 0 Å². The number of nitrogens with zero attached hydrogens (tertiary/aromatic N) is 3. The van der Waals surface area contributed by atoms with Gasteiger partial charge in [-0.05, 0) is 41.8 Å². The average Bonchev–Trinajstić information content (AvgIpc) is 3.31. The minimum absolute atomic E-state index is 0.241. The first kappa shape index (κ1) is 24.6. The molecule has 6 rings (SSSR count). The van der Waals surface area contributed by atoms with Gasteiger partial charge in [-0.2, -0.15) is 0 Å². The van der Waals surface area contributed by atoms with Crippen molar-refractivity contribution in [3.63, 3.8) is 0 Å². The van der Waals surface area contributed by atoms with Crippen molar-refractivity contribution in [3.05, 3.63) is 100 Å². The normalized spacial score (nSPS) is 18.1.